The molecule has 1 rings (SSSR count). The number of nitrogens with one attached hydrogen (secondary N) is 1. The van der Waals surface area contributed by atoms with Gasteiger partial charge in [0.2, 0.25) is 5.91 Å². The Morgan fingerprint density at radius 1 is 1.50 bits per heavy atom. The van der Waals surface area contributed by atoms with Crippen molar-refractivity contribution in [3.63, 3.8) is 0 Å². The molecule has 0 aliphatic heterocycles. The first kappa shape index (κ1) is 13.3. The molecule has 1 N–H and O–H groups in total. The molecule has 5 heteroatoms. The SMILES string of the molecule is Cc1cnc(Cl)c(NC(=O)CCCCCl)c1. The van der Waals surface area contributed by atoms with Crippen LogP contribution in [-0.4, -0.2) is 16.8 Å². The van der Waals surface area contributed by atoms with Crippen LogP contribution >= 0.6 is 23.2 Å². The van der Waals surface area contributed by atoms with Crippen LogP contribution in [0.3, 0.4) is 0 Å². The molecule has 0 saturated heterocycles. The number of nitrogens with zero attached hydrogens (tertiary/aromatic N) is 1. The molecule has 3 nitrogen and oxygen atoms in total. The summed E-state index contributed by atoms with van der Waals surface area (Å²) in [7, 11) is 0. The summed E-state index contributed by atoms with van der Waals surface area (Å²) in [5.41, 5.74) is 1.53. The third-order valence-corrected chi connectivity index (χ3v) is 2.61. The van der Waals surface area contributed by atoms with Gasteiger partial charge in [-0.3, -0.25) is 4.79 Å². The van der Waals surface area contributed by atoms with Crippen LogP contribution in [0.15, 0.2) is 12.3 Å². The van der Waals surface area contributed by atoms with E-state index in [1.807, 2.05) is 6.92 Å². The van der Waals surface area contributed by atoms with Gasteiger partial charge in [0.15, 0.2) is 5.15 Å². The number of carbonyl (C=O) groups is 1. The summed E-state index contributed by atoms with van der Waals surface area (Å²) in [6.45, 7) is 1.90. The van der Waals surface area contributed by atoms with Gasteiger partial charge in [0, 0.05) is 18.5 Å². The molecule has 0 aromatic carbocycles. The van der Waals surface area contributed by atoms with Crippen LogP contribution in [0.4, 0.5) is 5.69 Å². The molecule has 0 aliphatic rings. The van der Waals surface area contributed by atoms with Crippen LogP contribution in [0.1, 0.15) is 24.8 Å². The van der Waals surface area contributed by atoms with Gasteiger partial charge in [-0.1, -0.05) is 11.6 Å². The number of carbonyl (C=O) groups excluding carboxylic acids is 1. The first-order valence-corrected chi connectivity index (χ1v) is 6.02. The van der Waals surface area contributed by atoms with Crippen LogP contribution in [-0.2, 0) is 4.79 Å². The minimum Gasteiger partial charge on any atom is -0.323 e. The van der Waals surface area contributed by atoms with Crippen molar-refractivity contribution >= 4 is 34.8 Å². The molecule has 0 radical (unpaired) electrons. The largest absolute Gasteiger partial charge is 0.323 e. The maximum atomic E-state index is 11.5. The number of halogens is 2. The van der Waals surface area contributed by atoms with Crippen LogP contribution in [0.25, 0.3) is 0 Å². The summed E-state index contributed by atoms with van der Waals surface area (Å²) in [6.07, 6.45) is 3.74. The highest BCUT2D eigenvalue weighted by Gasteiger charge is 2.06. The number of pyridine rings is 1. The zero-order valence-electron chi connectivity index (χ0n) is 9.09. The van der Waals surface area contributed by atoms with Gasteiger partial charge in [0.25, 0.3) is 0 Å². The third kappa shape index (κ3) is 4.37. The third-order valence-electron chi connectivity index (χ3n) is 2.04. The maximum absolute atomic E-state index is 11.5. The molecule has 0 atom stereocenters. The highest BCUT2D eigenvalue weighted by molar-refractivity contribution is 6.32. The van der Waals surface area contributed by atoms with E-state index >= 15 is 0 Å². The monoisotopic (exact) mass is 260 g/mol. The number of hydrogen-bond acceptors (Lipinski definition) is 2. The number of rotatable bonds is 5. The number of aromatic nitrogens is 1. The smallest absolute Gasteiger partial charge is 0.224 e. The fraction of sp³-hybridized carbons (Fsp3) is 0.455. The van der Waals surface area contributed by atoms with Crippen molar-refractivity contribution in [3.8, 4) is 0 Å². The molecule has 1 aromatic rings. The van der Waals surface area contributed by atoms with E-state index < -0.39 is 0 Å². The molecular weight excluding hydrogens is 247 g/mol. The molecule has 0 saturated carbocycles. The van der Waals surface area contributed by atoms with E-state index in [1.165, 1.54) is 0 Å². The highest BCUT2D eigenvalue weighted by Crippen LogP contribution is 2.20. The van der Waals surface area contributed by atoms with Gasteiger partial charge in [-0.15, -0.1) is 11.6 Å². The zero-order chi connectivity index (χ0) is 12.0. The second kappa shape index (κ2) is 6.71. The topological polar surface area (TPSA) is 42.0 Å². The van der Waals surface area contributed by atoms with Crippen molar-refractivity contribution < 1.29 is 4.79 Å². The Balaban J connectivity index is 2.52. The van der Waals surface area contributed by atoms with Gasteiger partial charge in [0.1, 0.15) is 0 Å². The van der Waals surface area contributed by atoms with Crippen LogP contribution in [0, 0.1) is 6.92 Å². The number of alkyl halides is 1. The lowest BCUT2D eigenvalue weighted by molar-refractivity contribution is -0.116. The Kier molecular flexibility index (Phi) is 5.56. The molecule has 0 spiro atoms. The number of aryl methyl sites for hydroxylation is 1. The quantitative estimate of drug-likeness (QED) is 0.501. The van der Waals surface area contributed by atoms with E-state index in [0.29, 0.717) is 23.1 Å². The molecule has 0 fully saturated rings. The molecule has 1 amide bonds. The Bertz CT molecular complexity index is 369. The lowest BCUT2D eigenvalue weighted by atomic mass is 10.2. The lowest BCUT2D eigenvalue weighted by Gasteiger charge is -2.06. The lowest BCUT2D eigenvalue weighted by Crippen LogP contribution is -2.12. The van der Waals surface area contributed by atoms with Crippen LogP contribution in [0.5, 0.6) is 0 Å². The summed E-state index contributed by atoms with van der Waals surface area (Å²) in [6, 6.07) is 1.80. The van der Waals surface area contributed by atoms with E-state index in [1.54, 1.807) is 12.3 Å². The van der Waals surface area contributed by atoms with Gasteiger partial charge in [-0.25, -0.2) is 4.98 Å². The van der Waals surface area contributed by atoms with Crippen molar-refractivity contribution in [1.82, 2.24) is 4.98 Å². The fourth-order valence-electron chi connectivity index (χ4n) is 1.23. The minimum atomic E-state index is -0.0561. The van der Waals surface area contributed by atoms with E-state index in [4.69, 9.17) is 23.2 Å². The number of anilines is 1. The Morgan fingerprint density at radius 3 is 2.94 bits per heavy atom. The Morgan fingerprint density at radius 2 is 2.25 bits per heavy atom. The van der Waals surface area contributed by atoms with Gasteiger partial charge in [0.05, 0.1) is 5.69 Å². The standard InChI is InChI=1S/C11H14Cl2N2O/c1-8-6-9(11(13)14-7-8)15-10(16)4-2-3-5-12/h6-7H,2-5H2,1H3,(H,15,16). The number of amides is 1. The van der Waals surface area contributed by atoms with Crippen LogP contribution in [0.2, 0.25) is 5.15 Å². The summed E-state index contributed by atoms with van der Waals surface area (Å²) in [5, 5.41) is 3.05. The average Bonchev–Trinajstić information content (AvgIpc) is 2.24. The van der Waals surface area contributed by atoms with E-state index in [-0.39, 0.29) is 5.91 Å². The Hall–Kier alpha value is -0.800. The second-order valence-corrected chi connectivity index (χ2v) is 4.28. The maximum Gasteiger partial charge on any atom is 0.224 e. The van der Waals surface area contributed by atoms with Gasteiger partial charge >= 0.3 is 0 Å². The average molecular weight is 261 g/mol. The molecule has 0 aliphatic carbocycles. The minimum absolute atomic E-state index is 0.0561. The predicted molar refractivity (Wildman–Crippen MR) is 67.2 cm³/mol. The number of hydrogen-bond donors (Lipinski definition) is 1. The van der Waals surface area contributed by atoms with Crippen molar-refractivity contribution in [2.24, 2.45) is 0 Å². The summed E-state index contributed by atoms with van der Waals surface area (Å²) in [5.74, 6) is 0.527. The summed E-state index contributed by atoms with van der Waals surface area (Å²) < 4.78 is 0. The summed E-state index contributed by atoms with van der Waals surface area (Å²) in [4.78, 5) is 15.5. The van der Waals surface area contributed by atoms with E-state index in [9.17, 15) is 4.79 Å². The van der Waals surface area contributed by atoms with Gasteiger partial charge in [-0.05, 0) is 31.4 Å². The molecule has 0 unspecified atom stereocenters. The Labute approximate surface area is 105 Å². The molecule has 16 heavy (non-hydrogen) atoms. The van der Waals surface area contributed by atoms with E-state index in [2.05, 4.69) is 10.3 Å². The van der Waals surface area contributed by atoms with Crippen molar-refractivity contribution in [3.05, 3.63) is 23.0 Å². The molecule has 88 valence electrons. The van der Waals surface area contributed by atoms with Gasteiger partial charge < -0.3 is 5.32 Å². The summed E-state index contributed by atoms with van der Waals surface area (Å²) >= 11 is 11.4. The van der Waals surface area contributed by atoms with Crippen LogP contribution < -0.4 is 5.32 Å². The zero-order valence-corrected chi connectivity index (χ0v) is 10.6. The van der Waals surface area contributed by atoms with Crippen molar-refractivity contribution in [2.45, 2.75) is 26.2 Å². The molecular formula is C11H14Cl2N2O. The predicted octanol–water partition coefficient (Wildman–Crippen LogP) is 3.39. The highest BCUT2D eigenvalue weighted by atomic mass is 35.5. The van der Waals surface area contributed by atoms with Crippen molar-refractivity contribution in [1.29, 1.82) is 0 Å². The molecule has 1 heterocycles. The van der Waals surface area contributed by atoms with Gasteiger partial charge in [-0.2, -0.15) is 0 Å². The van der Waals surface area contributed by atoms with Crippen molar-refractivity contribution in [2.75, 3.05) is 11.2 Å². The van der Waals surface area contributed by atoms with E-state index in [0.717, 1.165) is 18.4 Å². The second-order valence-electron chi connectivity index (χ2n) is 3.55. The molecule has 0 bridgehead atoms. The first-order chi connectivity index (χ1) is 7.63. The first-order valence-electron chi connectivity index (χ1n) is 5.11. The fourth-order valence-corrected chi connectivity index (χ4v) is 1.57. The molecule has 1 aromatic heterocycles. The normalized spacial score (nSPS) is 10.2. The number of unbranched alkanes of at least 4 members (excludes halogenated alkanes) is 1.